The minimum Gasteiger partial charge on any atom is -0.325 e. The lowest BCUT2D eigenvalue weighted by atomic mass is 10.1. The zero-order valence-electron chi connectivity index (χ0n) is 9.69. The fraction of sp³-hybridized carbons (Fsp3) is 0.417. The maximum atomic E-state index is 11.9. The second-order valence-corrected chi connectivity index (χ2v) is 5.25. The van der Waals surface area contributed by atoms with Gasteiger partial charge in [0.15, 0.2) is 0 Å². The van der Waals surface area contributed by atoms with Gasteiger partial charge in [-0.25, -0.2) is 0 Å². The quantitative estimate of drug-likeness (QED) is 0.686. The second-order valence-electron chi connectivity index (χ2n) is 4.39. The number of nitro benzene ring substituents is 1. The Morgan fingerprint density at radius 3 is 2.61 bits per heavy atom. The minimum atomic E-state index is -0.465. The smallest absolute Gasteiger partial charge is 0.270 e. The van der Waals surface area contributed by atoms with Crippen molar-refractivity contribution in [3.8, 4) is 0 Å². The number of anilines is 1. The van der Waals surface area contributed by atoms with Crippen molar-refractivity contribution in [2.75, 3.05) is 5.32 Å². The van der Waals surface area contributed by atoms with Crippen molar-refractivity contribution in [2.24, 2.45) is 5.92 Å². The summed E-state index contributed by atoms with van der Waals surface area (Å²) >= 11 is 3.23. The van der Waals surface area contributed by atoms with E-state index in [1.54, 1.807) is 6.07 Å². The molecule has 1 aliphatic rings. The van der Waals surface area contributed by atoms with E-state index in [1.807, 2.05) is 0 Å². The van der Waals surface area contributed by atoms with Crippen molar-refractivity contribution < 1.29 is 9.72 Å². The monoisotopic (exact) mass is 312 g/mol. The van der Waals surface area contributed by atoms with Crippen LogP contribution < -0.4 is 5.32 Å². The van der Waals surface area contributed by atoms with E-state index in [-0.39, 0.29) is 17.5 Å². The van der Waals surface area contributed by atoms with Crippen LogP contribution in [-0.2, 0) is 4.79 Å². The van der Waals surface area contributed by atoms with Crippen molar-refractivity contribution in [1.82, 2.24) is 0 Å². The van der Waals surface area contributed by atoms with Crippen LogP contribution in [0.3, 0.4) is 0 Å². The number of amides is 1. The number of nitrogens with one attached hydrogen (secondary N) is 1. The third kappa shape index (κ3) is 2.87. The lowest BCUT2D eigenvalue weighted by Crippen LogP contribution is -2.20. The Hall–Kier alpha value is -1.43. The van der Waals surface area contributed by atoms with E-state index in [4.69, 9.17) is 0 Å². The highest BCUT2D eigenvalue weighted by Crippen LogP contribution is 2.30. The van der Waals surface area contributed by atoms with Gasteiger partial charge in [-0.2, -0.15) is 0 Å². The first-order valence-electron chi connectivity index (χ1n) is 5.83. The summed E-state index contributed by atoms with van der Waals surface area (Å²) in [5, 5.41) is 13.4. The molecule has 0 bridgehead atoms. The van der Waals surface area contributed by atoms with E-state index in [0.717, 1.165) is 25.7 Å². The van der Waals surface area contributed by atoms with Gasteiger partial charge in [0.1, 0.15) is 0 Å². The van der Waals surface area contributed by atoms with Crippen LogP contribution in [-0.4, -0.2) is 10.8 Å². The molecule has 2 rings (SSSR count). The van der Waals surface area contributed by atoms with Crippen LogP contribution >= 0.6 is 15.9 Å². The summed E-state index contributed by atoms with van der Waals surface area (Å²) in [5.74, 6) is 0.0779. The summed E-state index contributed by atoms with van der Waals surface area (Å²) in [6.07, 6.45) is 4.05. The molecule has 0 atom stereocenters. The summed E-state index contributed by atoms with van der Waals surface area (Å²) in [4.78, 5) is 22.0. The first-order chi connectivity index (χ1) is 8.58. The van der Waals surface area contributed by atoms with Gasteiger partial charge in [0.25, 0.3) is 5.69 Å². The van der Waals surface area contributed by atoms with Crippen molar-refractivity contribution in [1.29, 1.82) is 0 Å². The van der Waals surface area contributed by atoms with Crippen LogP contribution in [0.25, 0.3) is 0 Å². The minimum absolute atomic E-state index is 0.000686. The molecule has 18 heavy (non-hydrogen) atoms. The number of nitro groups is 1. The molecule has 1 aliphatic carbocycles. The van der Waals surface area contributed by atoms with Crippen LogP contribution in [0.4, 0.5) is 11.4 Å². The van der Waals surface area contributed by atoms with Gasteiger partial charge >= 0.3 is 0 Å². The first-order valence-corrected chi connectivity index (χ1v) is 6.62. The number of hydrogen-bond donors (Lipinski definition) is 1. The highest BCUT2D eigenvalue weighted by Gasteiger charge is 2.23. The van der Waals surface area contributed by atoms with Gasteiger partial charge in [-0.15, -0.1) is 0 Å². The molecule has 1 aromatic carbocycles. The SMILES string of the molecule is O=C(Nc1ccc([N+](=O)[O-])cc1Br)C1CCCC1. The fourth-order valence-corrected chi connectivity index (χ4v) is 2.61. The van der Waals surface area contributed by atoms with Gasteiger partial charge in [0.05, 0.1) is 10.6 Å². The molecule has 0 heterocycles. The van der Waals surface area contributed by atoms with Gasteiger partial charge in [-0.05, 0) is 34.8 Å². The maximum absolute atomic E-state index is 11.9. The Morgan fingerprint density at radius 1 is 1.39 bits per heavy atom. The summed E-state index contributed by atoms with van der Waals surface area (Å²) in [6, 6.07) is 4.33. The molecule has 0 aliphatic heterocycles. The predicted octanol–water partition coefficient (Wildman–Crippen LogP) is 3.49. The summed E-state index contributed by atoms with van der Waals surface area (Å²) in [6.45, 7) is 0. The molecule has 96 valence electrons. The average molecular weight is 313 g/mol. The highest BCUT2D eigenvalue weighted by atomic mass is 79.9. The number of non-ortho nitro benzene ring substituents is 1. The number of rotatable bonds is 3. The van der Waals surface area contributed by atoms with Crippen LogP contribution in [0.1, 0.15) is 25.7 Å². The highest BCUT2D eigenvalue weighted by molar-refractivity contribution is 9.10. The van der Waals surface area contributed by atoms with Crippen molar-refractivity contribution in [2.45, 2.75) is 25.7 Å². The molecule has 1 fully saturated rings. The Labute approximate surface area is 113 Å². The zero-order chi connectivity index (χ0) is 13.1. The van der Waals surface area contributed by atoms with Gasteiger partial charge < -0.3 is 5.32 Å². The number of carbonyl (C=O) groups excluding carboxylic acids is 1. The van der Waals surface area contributed by atoms with Gasteiger partial charge in [0, 0.05) is 22.5 Å². The number of benzene rings is 1. The van der Waals surface area contributed by atoms with Crippen LogP contribution in [0.5, 0.6) is 0 Å². The van der Waals surface area contributed by atoms with E-state index in [0.29, 0.717) is 10.2 Å². The van der Waals surface area contributed by atoms with E-state index < -0.39 is 4.92 Å². The molecule has 6 heteroatoms. The maximum Gasteiger partial charge on any atom is 0.270 e. The number of hydrogen-bond acceptors (Lipinski definition) is 3. The Balaban J connectivity index is 2.09. The summed E-state index contributed by atoms with van der Waals surface area (Å²) in [7, 11) is 0. The normalized spacial score (nSPS) is 15.6. The lowest BCUT2D eigenvalue weighted by molar-refractivity contribution is -0.384. The first kappa shape index (κ1) is 13.0. The third-order valence-electron chi connectivity index (χ3n) is 3.15. The van der Waals surface area contributed by atoms with E-state index in [9.17, 15) is 14.9 Å². The molecule has 1 aromatic rings. The Kier molecular flexibility index (Phi) is 3.96. The third-order valence-corrected chi connectivity index (χ3v) is 3.80. The summed E-state index contributed by atoms with van der Waals surface area (Å²) < 4.78 is 0.531. The van der Waals surface area contributed by atoms with Gasteiger partial charge in [-0.1, -0.05) is 12.8 Å². The fourth-order valence-electron chi connectivity index (χ4n) is 2.14. The van der Waals surface area contributed by atoms with E-state index in [1.165, 1.54) is 12.1 Å². The molecule has 1 N–H and O–H groups in total. The zero-order valence-corrected chi connectivity index (χ0v) is 11.3. The second kappa shape index (κ2) is 5.48. The molecule has 0 saturated heterocycles. The Morgan fingerprint density at radius 2 is 2.06 bits per heavy atom. The molecule has 1 amide bonds. The molecule has 0 spiro atoms. The lowest BCUT2D eigenvalue weighted by Gasteiger charge is -2.11. The topological polar surface area (TPSA) is 72.2 Å². The van der Waals surface area contributed by atoms with Crippen molar-refractivity contribution in [3.63, 3.8) is 0 Å². The van der Waals surface area contributed by atoms with Gasteiger partial charge in [-0.3, -0.25) is 14.9 Å². The Bertz CT molecular complexity index is 484. The van der Waals surface area contributed by atoms with Gasteiger partial charge in [0.2, 0.25) is 5.91 Å². The number of carbonyl (C=O) groups is 1. The molecule has 0 aromatic heterocycles. The molecule has 1 saturated carbocycles. The van der Waals surface area contributed by atoms with Crippen molar-refractivity contribution >= 4 is 33.2 Å². The molecule has 0 radical (unpaired) electrons. The van der Waals surface area contributed by atoms with Crippen LogP contribution in [0.15, 0.2) is 22.7 Å². The number of nitrogens with zero attached hydrogens (tertiary/aromatic N) is 1. The van der Waals surface area contributed by atoms with Crippen LogP contribution in [0.2, 0.25) is 0 Å². The van der Waals surface area contributed by atoms with Crippen LogP contribution in [0, 0.1) is 16.0 Å². The van der Waals surface area contributed by atoms with E-state index >= 15 is 0 Å². The van der Waals surface area contributed by atoms with Crippen molar-refractivity contribution in [3.05, 3.63) is 32.8 Å². The molecular weight excluding hydrogens is 300 g/mol. The molecule has 0 unspecified atom stereocenters. The molecule has 5 nitrogen and oxygen atoms in total. The predicted molar refractivity (Wildman–Crippen MR) is 71.4 cm³/mol. The largest absolute Gasteiger partial charge is 0.325 e. The average Bonchev–Trinajstić information content (AvgIpc) is 2.85. The van der Waals surface area contributed by atoms with E-state index in [2.05, 4.69) is 21.2 Å². The standard InChI is InChI=1S/C12H13BrN2O3/c13-10-7-9(15(17)18)5-6-11(10)14-12(16)8-3-1-2-4-8/h5-8H,1-4H2,(H,14,16). The summed E-state index contributed by atoms with van der Waals surface area (Å²) in [5.41, 5.74) is 0.582. The molecular formula is C12H13BrN2O3. The number of halogens is 1.